The molecular weight excluding hydrogens is 204 g/mol. The molecule has 4 nitrogen and oxygen atoms in total. The van der Waals surface area contributed by atoms with Gasteiger partial charge in [0.05, 0.1) is 5.69 Å². The molecule has 0 fully saturated rings. The molecule has 0 bridgehead atoms. The molecule has 0 spiro atoms. The third-order valence-electron chi connectivity index (χ3n) is 2.44. The molecule has 84 valence electrons. The first-order valence-electron chi connectivity index (χ1n) is 5.10. The van der Waals surface area contributed by atoms with Crippen molar-refractivity contribution in [3.05, 3.63) is 47.8 Å². The molecule has 0 saturated carbocycles. The number of aliphatic hydroxyl groups excluding tert-OH is 1. The fourth-order valence-electron chi connectivity index (χ4n) is 1.57. The number of hydrogen-bond acceptors (Lipinski definition) is 3. The molecule has 2 rings (SSSR count). The Morgan fingerprint density at radius 1 is 1.25 bits per heavy atom. The normalized spacial score (nSPS) is 12.6. The number of phenolic OH excluding ortho intramolecular Hbond substituents is 1. The molecule has 4 heteroatoms. The summed E-state index contributed by atoms with van der Waals surface area (Å²) in [6.45, 7) is 0. The van der Waals surface area contributed by atoms with Gasteiger partial charge in [0.1, 0.15) is 11.9 Å². The first-order valence-corrected chi connectivity index (χ1v) is 5.10. The minimum absolute atomic E-state index is 0.232. The summed E-state index contributed by atoms with van der Waals surface area (Å²) in [4.78, 5) is 0. The van der Waals surface area contributed by atoms with E-state index in [0.717, 1.165) is 5.56 Å². The summed E-state index contributed by atoms with van der Waals surface area (Å²) in [5.74, 6) is 0.232. The van der Waals surface area contributed by atoms with Crippen LogP contribution < -0.4 is 0 Å². The van der Waals surface area contributed by atoms with Gasteiger partial charge in [-0.1, -0.05) is 12.1 Å². The number of aliphatic hydroxyl groups is 1. The smallest absolute Gasteiger partial charge is 0.115 e. The van der Waals surface area contributed by atoms with E-state index < -0.39 is 6.10 Å². The van der Waals surface area contributed by atoms with E-state index >= 15 is 0 Å². The lowest BCUT2D eigenvalue weighted by Crippen LogP contribution is -2.03. The van der Waals surface area contributed by atoms with Crippen molar-refractivity contribution >= 4 is 0 Å². The topological polar surface area (TPSA) is 58.3 Å². The van der Waals surface area contributed by atoms with Crippen LogP contribution in [0.5, 0.6) is 5.75 Å². The predicted octanol–water partition coefficient (Wildman–Crippen LogP) is 1.40. The van der Waals surface area contributed by atoms with Crippen molar-refractivity contribution in [1.82, 2.24) is 9.78 Å². The van der Waals surface area contributed by atoms with Gasteiger partial charge < -0.3 is 10.2 Å². The highest BCUT2D eigenvalue weighted by Gasteiger charge is 2.11. The summed E-state index contributed by atoms with van der Waals surface area (Å²) in [5, 5.41) is 23.2. The first kappa shape index (κ1) is 10.7. The van der Waals surface area contributed by atoms with Crippen molar-refractivity contribution in [3.63, 3.8) is 0 Å². The van der Waals surface area contributed by atoms with Crippen LogP contribution in [-0.4, -0.2) is 20.0 Å². The van der Waals surface area contributed by atoms with Crippen molar-refractivity contribution in [2.24, 2.45) is 7.05 Å². The quantitative estimate of drug-likeness (QED) is 0.818. The lowest BCUT2D eigenvalue weighted by atomic mass is 10.1. The van der Waals surface area contributed by atoms with Crippen molar-refractivity contribution in [3.8, 4) is 5.75 Å². The van der Waals surface area contributed by atoms with E-state index in [9.17, 15) is 5.11 Å². The molecule has 1 heterocycles. The van der Waals surface area contributed by atoms with E-state index in [1.54, 1.807) is 41.2 Å². The molecular formula is C12H14N2O2. The van der Waals surface area contributed by atoms with Gasteiger partial charge in [-0.2, -0.15) is 5.10 Å². The third-order valence-corrected chi connectivity index (χ3v) is 2.44. The molecule has 1 aromatic carbocycles. The van der Waals surface area contributed by atoms with Crippen LogP contribution >= 0.6 is 0 Å². The molecule has 2 N–H and O–H groups in total. The SMILES string of the molecule is Cn1ccc(C(O)Cc2ccc(O)cc2)n1. The number of aromatic nitrogens is 2. The monoisotopic (exact) mass is 218 g/mol. The Labute approximate surface area is 93.8 Å². The van der Waals surface area contributed by atoms with E-state index in [1.807, 2.05) is 7.05 Å². The second kappa shape index (κ2) is 4.37. The fourth-order valence-corrected chi connectivity index (χ4v) is 1.57. The predicted molar refractivity (Wildman–Crippen MR) is 60.0 cm³/mol. The van der Waals surface area contributed by atoms with Crippen molar-refractivity contribution in [1.29, 1.82) is 0 Å². The van der Waals surface area contributed by atoms with Crippen molar-refractivity contribution in [2.45, 2.75) is 12.5 Å². The van der Waals surface area contributed by atoms with Gasteiger partial charge in [-0.3, -0.25) is 4.68 Å². The Kier molecular flexibility index (Phi) is 2.92. The van der Waals surface area contributed by atoms with Crippen LogP contribution in [-0.2, 0) is 13.5 Å². The molecule has 2 aromatic rings. The van der Waals surface area contributed by atoms with Crippen LogP contribution in [0.2, 0.25) is 0 Å². The highest BCUT2D eigenvalue weighted by atomic mass is 16.3. The van der Waals surface area contributed by atoms with Crippen LogP contribution in [0.25, 0.3) is 0 Å². The van der Waals surface area contributed by atoms with Gasteiger partial charge in [-0.25, -0.2) is 0 Å². The van der Waals surface area contributed by atoms with Crippen LogP contribution in [0, 0.1) is 0 Å². The number of nitrogens with zero attached hydrogens (tertiary/aromatic N) is 2. The molecule has 0 aliphatic rings. The van der Waals surface area contributed by atoms with Crippen molar-refractivity contribution < 1.29 is 10.2 Å². The van der Waals surface area contributed by atoms with Gasteiger partial charge in [-0.15, -0.1) is 0 Å². The van der Waals surface area contributed by atoms with Gasteiger partial charge in [0.25, 0.3) is 0 Å². The van der Waals surface area contributed by atoms with Crippen LogP contribution in [0.3, 0.4) is 0 Å². The van der Waals surface area contributed by atoms with Gasteiger partial charge in [0.2, 0.25) is 0 Å². The Bertz CT molecular complexity index is 462. The van der Waals surface area contributed by atoms with Crippen LogP contribution in [0.15, 0.2) is 36.5 Å². The standard InChI is InChI=1S/C12H14N2O2/c1-14-7-6-11(13-14)12(16)8-9-2-4-10(15)5-3-9/h2-7,12,15-16H,8H2,1H3. The van der Waals surface area contributed by atoms with E-state index in [4.69, 9.17) is 5.11 Å². The minimum atomic E-state index is -0.606. The maximum Gasteiger partial charge on any atom is 0.115 e. The first-order chi connectivity index (χ1) is 7.65. The van der Waals surface area contributed by atoms with Gasteiger partial charge in [-0.05, 0) is 23.8 Å². The number of hydrogen-bond donors (Lipinski definition) is 2. The molecule has 0 aliphatic carbocycles. The zero-order valence-electron chi connectivity index (χ0n) is 9.04. The zero-order valence-corrected chi connectivity index (χ0v) is 9.04. The number of aromatic hydroxyl groups is 1. The second-order valence-electron chi connectivity index (χ2n) is 3.80. The highest BCUT2D eigenvalue weighted by Crippen LogP contribution is 2.18. The molecule has 1 atom stereocenters. The number of benzene rings is 1. The van der Waals surface area contributed by atoms with Crippen LogP contribution in [0.4, 0.5) is 0 Å². The average molecular weight is 218 g/mol. The number of phenols is 1. The Morgan fingerprint density at radius 2 is 1.94 bits per heavy atom. The lowest BCUT2D eigenvalue weighted by Gasteiger charge is -2.07. The summed E-state index contributed by atoms with van der Waals surface area (Å²) < 4.78 is 1.66. The Hall–Kier alpha value is -1.81. The third kappa shape index (κ3) is 2.41. The summed E-state index contributed by atoms with van der Waals surface area (Å²) in [5.41, 5.74) is 1.63. The summed E-state index contributed by atoms with van der Waals surface area (Å²) >= 11 is 0. The zero-order chi connectivity index (χ0) is 11.5. The molecule has 16 heavy (non-hydrogen) atoms. The number of rotatable bonds is 3. The fraction of sp³-hybridized carbons (Fsp3) is 0.250. The van der Waals surface area contributed by atoms with Gasteiger partial charge in [0.15, 0.2) is 0 Å². The molecule has 0 radical (unpaired) electrons. The van der Waals surface area contributed by atoms with E-state index in [-0.39, 0.29) is 5.75 Å². The number of aryl methyl sites for hydroxylation is 1. The van der Waals surface area contributed by atoms with Gasteiger partial charge in [0, 0.05) is 19.7 Å². The summed E-state index contributed by atoms with van der Waals surface area (Å²) in [7, 11) is 1.82. The second-order valence-corrected chi connectivity index (χ2v) is 3.80. The van der Waals surface area contributed by atoms with Crippen molar-refractivity contribution in [2.75, 3.05) is 0 Å². The van der Waals surface area contributed by atoms with E-state index in [1.165, 1.54) is 0 Å². The van der Waals surface area contributed by atoms with Gasteiger partial charge >= 0.3 is 0 Å². The molecule has 0 saturated heterocycles. The Morgan fingerprint density at radius 3 is 2.50 bits per heavy atom. The maximum atomic E-state index is 9.92. The average Bonchev–Trinajstić information content (AvgIpc) is 2.68. The minimum Gasteiger partial charge on any atom is -0.508 e. The lowest BCUT2D eigenvalue weighted by molar-refractivity contribution is 0.172. The van der Waals surface area contributed by atoms with Crippen LogP contribution in [0.1, 0.15) is 17.4 Å². The highest BCUT2D eigenvalue weighted by molar-refractivity contribution is 5.26. The molecule has 0 aliphatic heterocycles. The molecule has 1 aromatic heterocycles. The Balaban J connectivity index is 2.07. The molecule has 0 amide bonds. The molecule has 1 unspecified atom stereocenters. The maximum absolute atomic E-state index is 9.92. The van der Waals surface area contributed by atoms with E-state index in [2.05, 4.69) is 5.10 Å². The van der Waals surface area contributed by atoms with E-state index in [0.29, 0.717) is 12.1 Å². The summed E-state index contributed by atoms with van der Waals surface area (Å²) in [6.07, 6.45) is 1.69. The largest absolute Gasteiger partial charge is 0.508 e. The summed E-state index contributed by atoms with van der Waals surface area (Å²) in [6, 6.07) is 8.61.